The van der Waals surface area contributed by atoms with Crippen molar-refractivity contribution in [2.24, 2.45) is 10.4 Å². The van der Waals surface area contributed by atoms with Crippen molar-refractivity contribution < 1.29 is 103 Å². The Hall–Kier alpha value is -8.87. The van der Waals surface area contributed by atoms with Crippen LogP contribution in [0.2, 0.25) is 0 Å². The number of hydrogen-bond acceptors (Lipinski definition) is 22. The summed E-state index contributed by atoms with van der Waals surface area (Å²) in [5.41, 5.74) is -1.29. The van der Waals surface area contributed by atoms with Gasteiger partial charge in [-0.2, -0.15) is 9.81 Å². The molecule has 37 nitrogen and oxygen atoms in total. The molecule has 0 aromatic rings. The van der Waals surface area contributed by atoms with Gasteiger partial charge in [-0.3, -0.25) is 76.8 Å². The molecule has 0 fully saturated rings. The van der Waals surface area contributed by atoms with Gasteiger partial charge in [0, 0.05) is 109 Å². The van der Waals surface area contributed by atoms with E-state index in [0.29, 0.717) is 32.7 Å². The van der Waals surface area contributed by atoms with Crippen molar-refractivity contribution >= 4 is 89.0 Å². The van der Waals surface area contributed by atoms with Crippen LogP contribution in [-0.2, 0) is 71.9 Å². The number of nitrogens with zero attached hydrogens (tertiary/aromatic N) is 3. The first-order valence-electron chi connectivity index (χ1n) is 28.7. The average molecular weight is 1290 g/mol. The minimum atomic E-state index is -2.01. The van der Waals surface area contributed by atoms with Crippen LogP contribution in [0.25, 0.3) is 0 Å². The van der Waals surface area contributed by atoms with Crippen LogP contribution in [0, 0.1) is 9.81 Å². The van der Waals surface area contributed by atoms with E-state index in [4.69, 9.17) is 0 Å². The van der Waals surface area contributed by atoms with Gasteiger partial charge in [0.15, 0.2) is 0 Å². The number of carboxylic acids is 6. The second kappa shape index (κ2) is 42.1. The van der Waals surface area contributed by atoms with E-state index in [9.17, 15) is 112 Å². The smallest absolute Gasteiger partial charge is 0.303 e. The second-order valence-electron chi connectivity index (χ2n) is 22.0. The molecule has 0 aromatic heterocycles. The molecule has 0 heterocycles. The van der Waals surface area contributed by atoms with E-state index in [-0.39, 0.29) is 6.54 Å². The van der Waals surface area contributed by atoms with Crippen molar-refractivity contribution in [1.29, 1.82) is 0 Å². The second-order valence-corrected chi connectivity index (χ2v) is 22.0. The number of likely N-dealkylation sites (N-methyl/N-ethyl adjacent to an activating group) is 1. The average Bonchev–Trinajstić information content (AvgIpc) is 1.51. The zero-order valence-corrected chi connectivity index (χ0v) is 51.4. The number of carbonyl (C=O) groups excluding carboxylic acids is 9. The molecule has 0 saturated carbocycles. The highest BCUT2D eigenvalue weighted by Gasteiger charge is 2.35. The lowest BCUT2D eigenvalue weighted by atomic mass is 9.97. The van der Waals surface area contributed by atoms with Gasteiger partial charge in [0.2, 0.25) is 53.2 Å². The number of hydrogen-bond donors (Lipinski definition) is 17. The van der Waals surface area contributed by atoms with E-state index in [0.717, 1.165) is 0 Å². The number of nitrogens with one attached hydrogen (secondary N) is 11. The van der Waals surface area contributed by atoms with Crippen LogP contribution >= 0.6 is 0 Å². The van der Waals surface area contributed by atoms with E-state index in [1.54, 1.807) is 13.8 Å². The summed E-state index contributed by atoms with van der Waals surface area (Å²) in [6, 6.07) is -12.5. The molecule has 0 aliphatic carbocycles. The summed E-state index contributed by atoms with van der Waals surface area (Å²) in [6.45, 7) is 12.0. The predicted octanol–water partition coefficient (Wildman–Crippen LogP) is -3.81. The fourth-order valence-corrected chi connectivity index (χ4v) is 7.86. The molecule has 37 heteroatoms. The highest BCUT2D eigenvalue weighted by Crippen LogP contribution is 2.14. The molecule has 8 unspecified atom stereocenters. The Labute approximate surface area is 517 Å². The van der Waals surface area contributed by atoms with E-state index in [1.807, 2.05) is 32.6 Å². The lowest BCUT2D eigenvalue weighted by molar-refractivity contribution is -0.141. The van der Waals surface area contributed by atoms with Crippen molar-refractivity contribution in [3.05, 3.63) is 9.81 Å². The molecule has 90 heavy (non-hydrogen) atoms. The minimum absolute atomic E-state index is 0.0830. The third kappa shape index (κ3) is 35.2. The monoisotopic (exact) mass is 1290 g/mol. The standard InChI is InChI=1S/C53H88N14O23/c1-29(65-89)52(3,4)57-23-26-67(27-24-58-53(5,6)30(2)66-90)25-22-55-37(68)14-15-38(69)59-32(9-17-41(73)74)47(84)61-34(11-19-43(77)78)49(86)63-36(13-21-45(81)82)51(88)64-35(12-20-44(79)80)50(87)62-33(10-18-42(75)76)48(85)60-31(8-16-40(71)72)46(83)56-28-39(70)54-7/h29-36,57-58H,8-28H2,1-7H3,(H,54,70)(H,55,68)(H,56,83)(H,59,69)(H,60,85)(H,61,84)(H,62,87)(H,63,86)(H,64,88)(H,71,72)(H,73,74)(H,75,76)(H,77,78)(H,79,80)(H,81,82). The predicted molar refractivity (Wildman–Crippen MR) is 313 cm³/mol. The summed E-state index contributed by atoms with van der Waals surface area (Å²) in [5.74, 6) is -19.1. The highest BCUT2D eigenvalue weighted by molar-refractivity contribution is 5.98. The first kappa shape index (κ1) is 81.1. The van der Waals surface area contributed by atoms with E-state index in [1.165, 1.54) is 7.05 Å². The Balaban J connectivity index is 6.60. The minimum Gasteiger partial charge on any atom is -0.481 e. The third-order valence-corrected chi connectivity index (χ3v) is 14.2. The number of aliphatic carboxylic acids is 6. The van der Waals surface area contributed by atoms with Gasteiger partial charge in [-0.25, -0.2) is 0 Å². The molecule has 0 bridgehead atoms. The number of nitroso groups, excluding NO2 is 2. The fraction of sp³-hybridized carbons (Fsp3) is 0.717. The summed E-state index contributed by atoms with van der Waals surface area (Å²) in [5, 5.41) is 89.6. The van der Waals surface area contributed by atoms with Gasteiger partial charge in [-0.05, 0) is 80.1 Å². The number of carbonyl (C=O) groups is 15. The van der Waals surface area contributed by atoms with Crippen LogP contribution in [0.4, 0.5) is 0 Å². The molecule has 0 spiro atoms. The molecule has 8 atom stereocenters. The topological polar surface area (TPSA) is 572 Å². The molecule has 0 radical (unpaired) electrons. The van der Waals surface area contributed by atoms with Gasteiger partial charge in [-0.1, -0.05) is 10.4 Å². The molecule has 0 rings (SSSR count). The lowest BCUT2D eigenvalue weighted by Crippen LogP contribution is -2.60. The Morgan fingerprint density at radius 2 is 0.633 bits per heavy atom. The molecule has 0 aliphatic rings. The Bertz CT molecular complexity index is 2490. The molecular formula is C53H88N14O23. The largest absolute Gasteiger partial charge is 0.481 e. The number of amides is 9. The summed E-state index contributed by atoms with van der Waals surface area (Å²) in [4.78, 5) is 214. The van der Waals surface area contributed by atoms with Gasteiger partial charge in [-0.15, -0.1) is 0 Å². The Morgan fingerprint density at radius 3 is 0.911 bits per heavy atom. The first-order valence-corrected chi connectivity index (χ1v) is 28.7. The van der Waals surface area contributed by atoms with Crippen molar-refractivity contribution in [3.8, 4) is 0 Å². The lowest BCUT2D eigenvalue weighted by Gasteiger charge is -2.32. The Kier molecular flexibility index (Phi) is 38.0. The van der Waals surface area contributed by atoms with Crippen molar-refractivity contribution in [2.45, 2.75) is 191 Å². The van der Waals surface area contributed by atoms with Crippen molar-refractivity contribution in [1.82, 2.24) is 63.4 Å². The van der Waals surface area contributed by atoms with Crippen LogP contribution in [0.3, 0.4) is 0 Å². The van der Waals surface area contributed by atoms with Crippen LogP contribution in [0.1, 0.15) is 131 Å². The third-order valence-electron chi connectivity index (χ3n) is 14.2. The molecule has 508 valence electrons. The molecule has 17 N–H and O–H groups in total. The maximum absolute atomic E-state index is 14.0. The van der Waals surface area contributed by atoms with Crippen molar-refractivity contribution in [3.63, 3.8) is 0 Å². The molecule has 9 amide bonds. The summed E-state index contributed by atoms with van der Waals surface area (Å²) in [7, 11) is 1.24. The summed E-state index contributed by atoms with van der Waals surface area (Å²) < 4.78 is 0. The van der Waals surface area contributed by atoms with E-state index >= 15 is 0 Å². The molecular weight excluding hydrogens is 1200 g/mol. The zero-order valence-electron chi connectivity index (χ0n) is 51.4. The number of carboxylic acid groups (broad SMARTS) is 6. The first-order chi connectivity index (χ1) is 42.0. The van der Waals surface area contributed by atoms with Crippen LogP contribution in [0.5, 0.6) is 0 Å². The quantitative estimate of drug-likeness (QED) is 0.0260. The summed E-state index contributed by atoms with van der Waals surface area (Å²) in [6.07, 6.45) is -10.3. The number of rotatable bonds is 50. The molecule has 0 aliphatic heterocycles. The van der Waals surface area contributed by atoms with Crippen LogP contribution in [0.15, 0.2) is 10.4 Å². The van der Waals surface area contributed by atoms with Gasteiger partial charge in [0.1, 0.15) is 48.3 Å². The van der Waals surface area contributed by atoms with Gasteiger partial charge >= 0.3 is 35.8 Å². The maximum Gasteiger partial charge on any atom is 0.303 e. The van der Waals surface area contributed by atoms with Gasteiger partial charge in [0.05, 0.1) is 6.54 Å². The zero-order chi connectivity index (χ0) is 68.9. The summed E-state index contributed by atoms with van der Waals surface area (Å²) >= 11 is 0. The van der Waals surface area contributed by atoms with Gasteiger partial charge < -0.3 is 89.1 Å². The van der Waals surface area contributed by atoms with E-state index in [2.05, 4.69) is 68.8 Å². The van der Waals surface area contributed by atoms with Crippen LogP contribution < -0.4 is 58.5 Å². The van der Waals surface area contributed by atoms with Crippen molar-refractivity contribution in [2.75, 3.05) is 52.9 Å². The normalized spacial score (nSPS) is 14.0. The van der Waals surface area contributed by atoms with E-state index < -0.39 is 245 Å². The fourth-order valence-electron chi connectivity index (χ4n) is 7.86. The Morgan fingerprint density at radius 1 is 0.367 bits per heavy atom. The van der Waals surface area contributed by atoms with Gasteiger partial charge in [0.25, 0.3) is 0 Å². The molecule has 0 saturated heterocycles. The molecule has 0 aromatic carbocycles. The maximum atomic E-state index is 14.0. The SMILES string of the molecule is CNC(=O)CNC(=O)C(CCC(=O)O)NC(=O)C(CCC(=O)O)NC(=O)C(CCC(=O)O)NC(=O)C(CCC(=O)O)NC(=O)C(CCC(=O)O)NC(=O)C(CCC(=O)O)NC(=O)CCC(=O)NCCN(CCNC(C)(C)C(C)N=O)CCNC(C)(C)C(C)N=O. The highest BCUT2D eigenvalue weighted by atomic mass is 16.4. The van der Waals surface area contributed by atoms with Crippen LogP contribution in [-0.4, -0.2) is 237 Å².